The Hall–Kier alpha value is -1.68. The lowest BCUT2D eigenvalue weighted by Gasteiger charge is -2.19. The van der Waals surface area contributed by atoms with E-state index in [0.29, 0.717) is 5.69 Å². The second-order valence-corrected chi connectivity index (χ2v) is 4.59. The van der Waals surface area contributed by atoms with Gasteiger partial charge in [-0.25, -0.2) is 4.98 Å². The first kappa shape index (κ1) is 12.4. The summed E-state index contributed by atoms with van der Waals surface area (Å²) in [6.07, 6.45) is -0.976. The molecular formula is C10H13N5O4. The number of aromatic amines is 1. The molecule has 3 rings (SSSR count). The van der Waals surface area contributed by atoms with Crippen LogP contribution in [0.3, 0.4) is 0 Å². The normalized spacial score (nSPS) is 36.7. The molecule has 2 aliphatic rings. The number of aliphatic hydroxyl groups excluding tert-OH is 3. The maximum Gasteiger partial charge on any atom is 0.278 e. The quantitative estimate of drug-likeness (QED) is 0.418. The lowest BCUT2D eigenvalue weighted by molar-refractivity contribution is 0.0168. The van der Waals surface area contributed by atoms with Gasteiger partial charge in [-0.05, 0) is 0 Å². The molecule has 9 nitrogen and oxygen atoms in total. The third kappa shape index (κ3) is 1.78. The first-order valence-corrected chi connectivity index (χ1v) is 5.85. The van der Waals surface area contributed by atoms with Crippen LogP contribution in [0.4, 0.5) is 5.69 Å². The number of aliphatic hydroxyl groups is 3. The van der Waals surface area contributed by atoms with Crippen LogP contribution in [0.2, 0.25) is 0 Å². The van der Waals surface area contributed by atoms with Crippen LogP contribution in [0.15, 0.2) is 21.4 Å². The van der Waals surface area contributed by atoms with Gasteiger partial charge in [0.05, 0.1) is 37.2 Å². The smallest absolute Gasteiger partial charge is 0.278 e. The van der Waals surface area contributed by atoms with Crippen molar-refractivity contribution in [1.29, 1.82) is 0 Å². The van der Waals surface area contributed by atoms with Crippen molar-refractivity contribution in [1.82, 2.24) is 15.3 Å². The SMILES string of the molecule is O=c1[nH]cnc2c1N=NC2[C@@H]1N[C@H](CO)[C@@H](O)[C@H]1O. The molecule has 1 saturated heterocycles. The molecule has 1 fully saturated rings. The Morgan fingerprint density at radius 3 is 2.79 bits per heavy atom. The number of nitrogens with one attached hydrogen (secondary N) is 2. The highest BCUT2D eigenvalue weighted by Gasteiger charge is 2.47. The fourth-order valence-electron chi connectivity index (χ4n) is 2.47. The van der Waals surface area contributed by atoms with Crippen LogP contribution in [0.25, 0.3) is 0 Å². The van der Waals surface area contributed by atoms with Crippen molar-refractivity contribution in [3.8, 4) is 0 Å². The summed E-state index contributed by atoms with van der Waals surface area (Å²) in [6.45, 7) is -0.311. The van der Waals surface area contributed by atoms with Gasteiger partial charge in [0.25, 0.3) is 5.56 Å². The Morgan fingerprint density at radius 1 is 1.32 bits per heavy atom. The van der Waals surface area contributed by atoms with Crippen LogP contribution < -0.4 is 10.9 Å². The van der Waals surface area contributed by atoms with Gasteiger partial charge in [0.15, 0.2) is 5.69 Å². The topological polar surface area (TPSA) is 143 Å². The molecule has 1 aromatic heterocycles. The maximum atomic E-state index is 11.5. The predicted octanol–water partition coefficient (Wildman–Crippen LogP) is -2.04. The molecular weight excluding hydrogens is 254 g/mol. The highest BCUT2D eigenvalue weighted by Crippen LogP contribution is 2.36. The summed E-state index contributed by atoms with van der Waals surface area (Å²) in [4.78, 5) is 17.9. The molecule has 2 aliphatic heterocycles. The minimum atomic E-state index is -1.12. The number of aromatic nitrogens is 2. The molecule has 0 saturated carbocycles. The molecule has 1 aromatic rings. The van der Waals surface area contributed by atoms with Gasteiger partial charge in [-0.15, -0.1) is 5.11 Å². The van der Waals surface area contributed by atoms with Gasteiger partial charge in [0, 0.05) is 0 Å². The van der Waals surface area contributed by atoms with E-state index >= 15 is 0 Å². The number of hydrogen-bond donors (Lipinski definition) is 5. The van der Waals surface area contributed by atoms with E-state index in [1.807, 2.05) is 0 Å². The number of H-pyrrole nitrogens is 1. The summed E-state index contributed by atoms with van der Waals surface area (Å²) in [5.74, 6) is 0. The van der Waals surface area contributed by atoms with Crippen molar-refractivity contribution in [3.05, 3.63) is 22.4 Å². The zero-order valence-electron chi connectivity index (χ0n) is 9.76. The zero-order chi connectivity index (χ0) is 13.6. The number of rotatable bonds is 2. The zero-order valence-corrected chi connectivity index (χ0v) is 9.76. The van der Waals surface area contributed by atoms with Crippen molar-refractivity contribution >= 4 is 5.69 Å². The Bertz CT molecular complexity index is 573. The van der Waals surface area contributed by atoms with E-state index in [9.17, 15) is 15.0 Å². The van der Waals surface area contributed by atoms with E-state index in [2.05, 4.69) is 25.5 Å². The highest BCUT2D eigenvalue weighted by atomic mass is 16.3. The fraction of sp³-hybridized carbons (Fsp3) is 0.600. The van der Waals surface area contributed by atoms with Crippen LogP contribution in [-0.4, -0.2) is 56.2 Å². The number of azo groups is 1. The van der Waals surface area contributed by atoms with Gasteiger partial charge >= 0.3 is 0 Å². The predicted molar refractivity (Wildman–Crippen MR) is 61.9 cm³/mol. The van der Waals surface area contributed by atoms with Crippen molar-refractivity contribution in [2.45, 2.75) is 30.3 Å². The summed E-state index contributed by atoms with van der Waals surface area (Å²) in [7, 11) is 0. The van der Waals surface area contributed by atoms with Crippen LogP contribution in [-0.2, 0) is 0 Å². The molecule has 0 bridgehead atoms. The third-order valence-electron chi connectivity index (χ3n) is 3.49. The average molecular weight is 267 g/mol. The van der Waals surface area contributed by atoms with E-state index in [1.54, 1.807) is 0 Å². The van der Waals surface area contributed by atoms with Crippen molar-refractivity contribution < 1.29 is 15.3 Å². The van der Waals surface area contributed by atoms with Gasteiger partial charge in [-0.3, -0.25) is 4.79 Å². The van der Waals surface area contributed by atoms with E-state index < -0.39 is 35.9 Å². The number of fused-ring (bicyclic) bond motifs is 1. The number of hydrogen-bond acceptors (Lipinski definition) is 8. The lowest BCUT2D eigenvalue weighted by atomic mass is 9.99. The summed E-state index contributed by atoms with van der Waals surface area (Å²) >= 11 is 0. The second-order valence-electron chi connectivity index (χ2n) is 4.59. The molecule has 3 heterocycles. The van der Waals surface area contributed by atoms with Gasteiger partial charge in [-0.1, -0.05) is 0 Å². The minimum absolute atomic E-state index is 0.114. The highest BCUT2D eigenvalue weighted by molar-refractivity contribution is 5.44. The second kappa shape index (κ2) is 4.46. The lowest BCUT2D eigenvalue weighted by Crippen LogP contribution is -2.39. The van der Waals surface area contributed by atoms with Gasteiger partial charge < -0.3 is 25.6 Å². The fourth-order valence-corrected chi connectivity index (χ4v) is 2.47. The Balaban J connectivity index is 1.93. The van der Waals surface area contributed by atoms with Gasteiger partial charge in [-0.2, -0.15) is 5.11 Å². The van der Waals surface area contributed by atoms with Crippen LogP contribution >= 0.6 is 0 Å². The van der Waals surface area contributed by atoms with Crippen molar-refractivity contribution in [2.24, 2.45) is 10.2 Å². The molecule has 1 unspecified atom stereocenters. The van der Waals surface area contributed by atoms with E-state index in [0.717, 1.165) is 0 Å². The van der Waals surface area contributed by atoms with Gasteiger partial charge in [0.1, 0.15) is 11.7 Å². The van der Waals surface area contributed by atoms with Crippen molar-refractivity contribution in [2.75, 3.05) is 6.61 Å². The maximum absolute atomic E-state index is 11.5. The van der Waals surface area contributed by atoms with E-state index in [1.165, 1.54) is 6.33 Å². The van der Waals surface area contributed by atoms with Crippen LogP contribution in [0.1, 0.15) is 11.7 Å². The summed E-state index contributed by atoms with van der Waals surface area (Å²) in [5.41, 5.74) is 0.0671. The molecule has 9 heteroatoms. The van der Waals surface area contributed by atoms with Gasteiger partial charge in [0.2, 0.25) is 0 Å². The molecule has 0 aromatic carbocycles. The molecule has 5 N–H and O–H groups in total. The molecule has 19 heavy (non-hydrogen) atoms. The molecule has 0 spiro atoms. The van der Waals surface area contributed by atoms with E-state index in [4.69, 9.17) is 5.11 Å². The Morgan fingerprint density at radius 2 is 2.11 bits per heavy atom. The van der Waals surface area contributed by atoms with Crippen LogP contribution in [0, 0.1) is 0 Å². The summed E-state index contributed by atoms with van der Waals surface area (Å²) in [5, 5.41) is 39.4. The first-order valence-electron chi connectivity index (χ1n) is 5.85. The minimum Gasteiger partial charge on any atom is -0.395 e. The third-order valence-corrected chi connectivity index (χ3v) is 3.49. The Kier molecular flexibility index (Phi) is 2.90. The molecule has 0 amide bonds. The number of nitrogens with zero attached hydrogens (tertiary/aromatic N) is 3. The van der Waals surface area contributed by atoms with E-state index in [-0.39, 0.29) is 12.3 Å². The standard InChI is InChI=1S/C10H13N5O4/c16-1-3-8(17)9(18)6(13-3)5-4-7(15-14-5)10(19)12-2-11-4/h2-3,5-6,8-9,13,16-18H,1H2,(H,11,12,19)/t3-,5?,6+,8-,9+/m1/s1. The largest absolute Gasteiger partial charge is 0.395 e. The monoisotopic (exact) mass is 267 g/mol. The molecule has 5 atom stereocenters. The molecule has 0 radical (unpaired) electrons. The summed E-state index contributed by atoms with van der Waals surface area (Å²) in [6, 6.07) is -1.94. The first-order chi connectivity index (χ1) is 9.13. The Labute approximate surface area is 107 Å². The van der Waals surface area contributed by atoms with Crippen LogP contribution in [0.5, 0.6) is 0 Å². The summed E-state index contributed by atoms with van der Waals surface area (Å²) < 4.78 is 0. The average Bonchev–Trinajstić information content (AvgIpc) is 2.94. The van der Waals surface area contributed by atoms with Crippen molar-refractivity contribution in [3.63, 3.8) is 0 Å². The molecule has 102 valence electrons. The molecule has 0 aliphatic carbocycles.